The number of nitrogens with zero attached hydrogens (tertiary/aromatic N) is 2. The molecule has 1 aliphatic rings. The van der Waals surface area contributed by atoms with Crippen molar-refractivity contribution in [2.75, 3.05) is 6.61 Å². The molecule has 0 atom stereocenters. The molecule has 0 fully saturated rings. The highest BCUT2D eigenvalue weighted by Gasteiger charge is 2.38. The zero-order valence-electron chi connectivity index (χ0n) is 16.4. The third kappa shape index (κ3) is 2.80. The smallest absolute Gasteiger partial charge is 0.341 e. The van der Waals surface area contributed by atoms with Crippen molar-refractivity contribution in [2.24, 2.45) is 0 Å². The molecule has 6 heteroatoms. The molecule has 1 aliphatic carbocycles. The van der Waals surface area contributed by atoms with Gasteiger partial charge < -0.3 is 9.14 Å². The van der Waals surface area contributed by atoms with Gasteiger partial charge in [-0.3, -0.25) is 14.6 Å². The fourth-order valence-electron chi connectivity index (χ4n) is 3.98. The summed E-state index contributed by atoms with van der Waals surface area (Å²) in [6.45, 7) is 3.56. The van der Waals surface area contributed by atoms with Crippen LogP contribution in [0.4, 0.5) is 0 Å². The molecule has 31 heavy (non-hydrogen) atoms. The summed E-state index contributed by atoms with van der Waals surface area (Å²) in [5.41, 5.74) is 3.08. The predicted octanol–water partition coefficient (Wildman–Crippen LogP) is 4.12. The molecule has 0 saturated heterocycles. The number of fused-ring (bicyclic) bond motifs is 4. The van der Waals surface area contributed by atoms with Gasteiger partial charge in [-0.2, -0.15) is 0 Å². The van der Waals surface area contributed by atoms with Gasteiger partial charge in [0.15, 0.2) is 5.78 Å². The van der Waals surface area contributed by atoms with Gasteiger partial charge >= 0.3 is 5.97 Å². The van der Waals surface area contributed by atoms with Crippen molar-refractivity contribution in [3.63, 3.8) is 0 Å². The van der Waals surface area contributed by atoms with Crippen molar-refractivity contribution in [3.05, 3.63) is 108 Å². The van der Waals surface area contributed by atoms with Crippen molar-refractivity contribution >= 4 is 23.1 Å². The van der Waals surface area contributed by atoms with Crippen molar-refractivity contribution < 1.29 is 19.1 Å². The van der Waals surface area contributed by atoms with Gasteiger partial charge in [0.05, 0.1) is 16.6 Å². The maximum Gasteiger partial charge on any atom is 0.341 e. The van der Waals surface area contributed by atoms with Gasteiger partial charge in [0.25, 0.3) is 0 Å². The molecule has 0 N–H and O–H groups in total. The van der Waals surface area contributed by atoms with Crippen LogP contribution in [0, 0.1) is 0 Å². The number of ether oxygens (including phenoxy) is 1. The lowest BCUT2D eigenvalue weighted by atomic mass is 9.86. The fraction of sp³-hybridized carbons (Fsp3) is 0.0400. The number of benzene rings is 1. The quantitative estimate of drug-likeness (QED) is 0.330. The molecule has 0 spiro atoms. The Morgan fingerprint density at radius 1 is 1.00 bits per heavy atom. The van der Waals surface area contributed by atoms with E-state index < -0.39 is 5.97 Å². The predicted molar refractivity (Wildman–Crippen MR) is 114 cm³/mol. The lowest BCUT2D eigenvalue weighted by molar-refractivity contribution is 0.0549. The third-order valence-electron chi connectivity index (χ3n) is 5.35. The number of carbonyl (C=O) groups excluding carboxylic acids is 3. The van der Waals surface area contributed by atoms with Gasteiger partial charge in [-0.05, 0) is 35.4 Å². The number of aromatic nitrogens is 2. The summed E-state index contributed by atoms with van der Waals surface area (Å²) in [7, 11) is 0. The van der Waals surface area contributed by atoms with E-state index in [4.69, 9.17) is 4.74 Å². The minimum Gasteiger partial charge on any atom is -0.458 e. The highest BCUT2D eigenvalue weighted by molar-refractivity contribution is 6.31. The second-order valence-electron chi connectivity index (χ2n) is 7.10. The van der Waals surface area contributed by atoms with E-state index >= 15 is 0 Å². The maximum absolute atomic E-state index is 13.4. The van der Waals surface area contributed by atoms with E-state index in [1.807, 2.05) is 18.2 Å². The van der Waals surface area contributed by atoms with Crippen LogP contribution >= 0.6 is 0 Å². The Morgan fingerprint density at radius 3 is 2.42 bits per heavy atom. The van der Waals surface area contributed by atoms with Crippen molar-refractivity contribution in [3.8, 4) is 11.1 Å². The number of hydrogen-bond donors (Lipinski definition) is 0. The Hall–Kier alpha value is -4.32. The Balaban J connectivity index is 1.82. The zero-order chi connectivity index (χ0) is 21.5. The largest absolute Gasteiger partial charge is 0.458 e. The van der Waals surface area contributed by atoms with Gasteiger partial charge in [-0.1, -0.05) is 36.9 Å². The number of hydrogen-bond acceptors (Lipinski definition) is 5. The van der Waals surface area contributed by atoms with Crippen LogP contribution in [0.5, 0.6) is 0 Å². The topological polar surface area (TPSA) is 77.7 Å². The van der Waals surface area contributed by atoms with Crippen LogP contribution < -0.4 is 0 Å². The summed E-state index contributed by atoms with van der Waals surface area (Å²) in [6, 6.07) is 13.9. The van der Waals surface area contributed by atoms with Gasteiger partial charge in [-0.25, -0.2) is 4.79 Å². The summed E-state index contributed by atoms with van der Waals surface area (Å²) in [4.78, 5) is 43.7. The molecule has 6 nitrogen and oxygen atoms in total. The van der Waals surface area contributed by atoms with Crippen molar-refractivity contribution in [2.45, 2.75) is 0 Å². The van der Waals surface area contributed by atoms with E-state index in [9.17, 15) is 14.4 Å². The molecule has 3 heterocycles. The molecule has 0 bridgehead atoms. The molecule has 5 rings (SSSR count). The first-order chi connectivity index (χ1) is 15.1. The van der Waals surface area contributed by atoms with E-state index in [2.05, 4.69) is 11.6 Å². The highest BCUT2D eigenvalue weighted by Crippen LogP contribution is 2.35. The molecular weight excluding hydrogens is 392 g/mol. The normalized spacial score (nSPS) is 12.4. The first kappa shape index (κ1) is 18.7. The highest BCUT2D eigenvalue weighted by atomic mass is 16.5. The van der Waals surface area contributed by atoms with Crippen molar-refractivity contribution in [1.29, 1.82) is 0 Å². The van der Waals surface area contributed by atoms with Gasteiger partial charge in [0, 0.05) is 29.7 Å². The van der Waals surface area contributed by atoms with E-state index in [0.717, 1.165) is 11.1 Å². The van der Waals surface area contributed by atoms with Crippen LogP contribution in [0.1, 0.15) is 42.3 Å². The van der Waals surface area contributed by atoms with Crippen LogP contribution in [-0.2, 0) is 4.74 Å². The van der Waals surface area contributed by atoms with E-state index in [0.29, 0.717) is 11.1 Å². The van der Waals surface area contributed by atoms with Crippen molar-refractivity contribution in [1.82, 2.24) is 9.38 Å². The molecule has 0 aliphatic heterocycles. The van der Waals surface area contributed by atoms with Crippen LogP contribution in [0.3, 0.4) is 0 Å². The summed E-state index contributed by atoms with van der Waals surface area (Å²) < 4.78 is 6.88. The number of ketones is 2. The van der Waals surface area contributed by atoms with Crippen LogP contribution in [0.2, 0.25) is 0 Å². The standard InChI is InChI=1S/C25H16N2O4/c1-2-13-31-25(30)20-19-14-16(15-7-10-26-11-8-15)9-12-27(19)22-21(20)23(28)17-5-3-4-6-18(17)24(22)29/h2-12,14H,1,13H2. The maximum atomic E-state index is 13.4. The molecule has 0 unspecified atom stereocenters. The molecular formula is C25H16N2O4. The molecule has 0 radical (unpaired) electrons. The van der Waals surface area contributed by atoms with Crippen LogP contribution in [-0.4, -0.2) is 33.5 Å². The SMILES string of the molecule is C=CCOC(=O)c1c2c(n3ccc(-c4ccncc4)cc13)C(=O)c1ccccc1C2=O. The lowest BCUT2D eigenvalue weighted by Crippen LogP contribution is -2.23. The average molecular weight is 408 g/mol. The molecule has 0 amide bonds. The fourth-order valence-corrected chi connectivity index (χ4v) is 3.98. The molecule has 0 saturated carbocycles. The summed E-state index contributed by atoms with van der Waals surface area (Å²) in [5.74, 6) is -1.35. The number of carbonyl (C=O) groups is 3. The summed E-state index contributed by atoms with van der Waals surface area (Å²) in [5, 5.41) is 0. The monoisotopic (exact) mass is 408 g/mol. The summed E-state index contributed by atoms with van der Waals surface area (Å²) in [6.07, 6.45) is 6.50. The van der Waals surface area contributed by atoms with Crippen LogP contribution in [0.15, 0.2) is 79.8 Å². The molecule has 1 aromatic carbocycles. The van der Waals surface area contributed by atoms with Gasteiger partial charge in [-0.15, -0.1) is 0 Å². The zero-order valence-corrected chi connectivity index (χ0v) is 16.4. The first-order valence-electron chi connectivity index (χ1n) is 9.66. The van der Waals surface area contributed by atoms with Gasteiger partial charge in [0.2, 0.25) is 5.78 Å². The Bertz CT molecular complexity index is 1400. The lowest BCUT2D eigenvalue weighted by Gasteiger charge is -2.15. The Kier molecular flexibility index (Phi) is 4.33. The molecule has 3 aromatic heterocycles. The van der Waals surface area contributed by atoms with E-state index in [1.54, 1.807) is 53.3 Å². The Morgan fingerprint density at radius 2 is 1.71 bits per heavy atom. The minimum absolute atomic E-state index is 0.00623. The minimum atomic E-state index is -0.675. The van der Waals surface area contributed by atoms with E-state index in [-0.39, 0.29) is 40.6 Å². The number of pyridine rings is 2. The Labute approximate surface area is 177 Å². The first-order valence-corrected chi connectivity index (χ1v) is 9.66. The number of esters is 1. The molecule has 150 valence electrons. The third-order valence-corrected chi connectivity index (χ3v) is 5.35. The molecule has 4 aromatic rings. The average Bonchev–Trinajstić information content (AvgIpc) is 3.16. The van der Waals surface area contributed by atoms with Crippen LogP contribution in [0.25, 0.3) is 16.6 Å². The van der Waals surface area contributed by atoms with E-state index in [1.165, 1.54) is 6.08 Å². The second kappa shape index (κ2) is 7.18. The second-order valence-corrected chi connectivity index (χ2v) is 7.10. The summed E-state index contributed by atoms with van der Waals surface area (Å²) >= 11 is 0. The van der Waals surface area contributed by atoms with Gasteiger partial charge in [0.1, 0.15) is 12.3 Å². The number of rotatable bonds is 4.